The fourth-order valence-electron chi connectivity index (χ4n) is 1.89. The van der Waals surface area contributed by atoms with Crippen LogP contribution >= 0.6 is 0 Å². The summed E-state index contributed by atoms with van der Waals surface area (Å²) < 4.78 is 18.0. The Hall–Kier alpha value is -2.11. The van der Waals surface area contributed by atoms with Crippen LogP contribution in [0.5, 0.6) is 0 Å². The highest BCUT2D eigenvalue weighted by Gasteiger charge is 2.19. The second-order valence-corrected chi connectivity index (χ2v) is 5.21. The number of nitrogens with two attached hydrogens (primary N) is 1. The molecule has 0 radical (unpaired) electrons. The summed E-state index contributed by atoms with van der Waals surface area (Å²) in [5.41, 5.74) is 5.61. The zero-order chi connectivity index (χ0) is 16.0. The third-order valence-corrected chi connectivity index (χ3v) is 2.93. The molecule has 2 N–H and O–H groups in total. The lowest BCUT2D eigenvalue weighted by atomic mass is 10.1. The minimum absolute atomic E-state index is 0.00322. The van der Waals surface area contributed by atoms with Crippen molar-refractivity contribution < 1.29 is 18.7 Å². The van der Waals surface area contributed by atoms with Crippen LogP contribution in [0, 0.1) is 11.7 Å². The molecule has 1 amide bonds. The summed E-state index contributed by atoms with van der Waals surface area (Å²) in [5.74, 6) is -1.12. The molecule has 1 aromatic carbocycles. The number of amides is 1. The zero-order valence-corrected chi connectivity index (χ0v) is 12.6. The number of carbonyl (C=O) groups is 2. The molecule has 0 heterocycles. The van der Waals surface area contributed by atoms with Gasteiger partial charge in [-0.25, -0.2) is 4.39 Å². The Morgan fingerprint density at radius 2 is 2.05 bits per heavy atom. The predicted molar refractivity (Wildman–Crippen MR) is 78.2 cm³/mol. The summed E-state index contributed by atoms with van der Waals surface area (Å²) in [6.45, 7) is 4.63. The molecule has 1 rings (SSSR count). The fourth-order valence-corrected chi connectivity index (χ4v) is 1.89. The molecule has 6 heteroatoms. The Kier molecular flexibility index (Phi) is 6.14. The zero-order valence-electron chi connectivity index (χ0n) is 12.6. The second-order valence-electron chi connectivity index (χ2n) is 5.21. The van der Waals surface area contributed by atoms with Gasteiger partial charge in [0, 0.05) is 18.7 Å². The van der Waals surface area contributed by atoms with Gasteiger partial charge in [0.2, 0.25) is 0 Å². The molecular weight excluding hydrogens is 275 g/mol. The Labute approximate surface area is 123 Å². The van der Waals surface area contributed by atoms with Crippen molar-refractivity contribution in [1.82, 2.24) is 4.90 Å². The quantitative estimate of drug-likeness (QED) is 0.644. The van der Waals surface area contributed by atoms with Crippen LogP contribution in [0.3, 0.4) is 0 Å². The maximum absolute atomic E-state index is 13.5. The van der Waals surface area contributed by atoms with Gasteiger partial charge in [0.15, 0.2) is 0 Å². The van der Waals surface area contributed by atoms with E-state index in [2.05, 4.69) is 4.74 Å². The van der Waals surface area contributed by atoms with E-state index in [4.69, 9.17) is 5.73 Å². The van der Waals surface area contributed by atoms with Crippen molar-refractivity contribution in [3.8, 4) is 0 Å². The van der Waals surface area contributed by atoms with Crippen molar-refractivity contribution in [3.63, 3.8) is 0 Å². The number of anilines is 1. The normalized spacial score (nSPS) is 10.5. The first-order valence-corrected chi connectivity index (χ1v) is 6.76. The summed E-state index contributed by atoms with van der Waals surface area (Å²) in [6.07, 6.45) is 0.104. The molecule has 0 saturated heterocycles. The van der Waals surface area contributed by atoms with Gasteiger partial charge in [-0.15, -0.1) is 0 Å². The first-order valence-electron chi connectivity index (χ1n) is 6.76. The first-order chi connectivity index (χ1) is 9.85. The van der Waals surface area contributed by atoms with Crippen LogP contribution in [0.1, 0.15) is 30.6 Å². The van der Waals surface area contributed by atoms with Crippen LogP contribution in [0.4, 0.5) is 10.1 Å². The maximum Gasteiger partial charge on any atom is 0.307 e. The monoisotopic (exact) mass is 296 g/mol. The molecule has 0 spiro atoms. The molecule has 0 aromatic heterocycles. The first kappa shape index (κ1) is 16.9. The summed E-state index contributed by atoms with van der Waals surface area (Å²) in [5, 5.41) is 0. The van der Waals surface area contributed by atoms with Crippen LogP contribution in [-0.4, -0.2) is 37.0 Å². The molecular formula is C15H21FN2O3. The fraction of sp³-hybridized carbons (Fsp3) is 0.467. The molecule has 0 unspecified atom stereocenters. The Bertz CT molecular complexity index is 518. The third kappa shape index (κ3) is 5.06. The van der Waals surface area contributed by atoms with Crippen LogP contribution < -0.4 is 5.73 Å². The van der Waals surface area contributed by atoms with E-state index in [-0.39, 0.29) is 42.0 Å². The smallest absolute Gasteiger partial charge is 0.307 e. The van der Waals surface area contributed by atoms with Gasteiger partial charge in [0.25, 0.3) is 5.91 Å². The van der Waals surface area contributed by atoms with Gasteiger partial charge in [-0.2, -0.15) is 0 Å². The summed E-state index contributed by atoms with van der Waals surface area (Å²) >= 11 is 0. The van der Waals surface area contributed by atoms with Gasteiger partial charge < -0.3 is 15.4 Å². The molecule has 0 saturated carbocycles. The van der Waals surface area contributed by atoms with E-state index in [1.54, 1.807) is 0 Å². The number of methoxy groups -OCH3 is 1. The van der Waals surface area contributed by atoms with Crippen molar-refractivity contribution in [3.05, 3.63) is 29.6 Å². The average Bonchev–Trinajstić information content (AvgIpc) is 2.44. The molecule has 116 valence electrons. The lowest BCUT2D eigenvalue weighted by Gasteiger charge is -2.24. The highest BCUT2D eigenvalue weighted by molar-refractivity contribution is 5.94. The number of carbonyl (C=O) groups excluding carboxylic acids is 2. The Balaban J connectivity index is 2.87. The lowest BCUT2D eigenvalue weighted by molar-refractivity contribution is -0.140. The average molecular weight is 296 g/mol. The molecule has 0 aliphatic heterocycles. The highest BCUT2D eigenvalue weighted by Crippen LogP contribution is 2.15. The van der Waals surface area contributed by atoms with Crippen LogP contribution in [0.2, 0.25) is 0 Å². The largest absolute Gasteiger partial charge is 0.469 e. The van der Waals surface area contributed by atoms with Gasteiger partial charge in [0.05, 0.1) is 19.2 Å². The van der Waals surface area contributed by atoms with E-state index in [0.29, 0.717) is 6.54 Å². The standard InChI is InChI=1S/C15H21FN2O3/c1-10(2)9-18(7-6-14(19)21-3)15(20)11-4-5-13(17)12(16)8-11/h4-5,8,10H,6-7,9,17H2,1-3H3. The maximum atomic E-state index is 13.5. The number of halogens is 1. The summed E-state index contributed by atoms with van der Waals surface area (Å²) in [6, 6.07) is 3.95. The van der Waals surface area contributed by atoms with Gasteiger partial charge in [-0.05, 0) is 24.1 Å². The van der Waals surface area contributed by atoms with E-state index in [9.17, 15) is 14.0 Å². The van der Waals surface area contributed by atoms with E-state index in [0.717, 1.165) is 6.07 Å². The predicted octanol–water partition coefficient (Wildman–Crippen LogP) is 2.07. The van der Waals surface area contributed by atoms with E-state index in [1.165, 1.54) is 24.1 Å². The number of rotatable bonds is 6. The van der Waals surface area contributed by atoms with Crippen molar-refractivity contribution >= 4 is 17.6 Å². The number of hydrogen-bond acceptors (Lipinski definition) is 4. The molecule has 1 aromatic rings. The Morgan fingerprint density at radius 3 is 2.57 bits per heavy atom. The van der Waals surface area contributed by atoms with E-state index in [1.807, 2.05) is 13.8 Å². The second kappa shape index (κ2) is 7.61. The minimum atomic E-state index is -0.627. The molecule has 5 nitrogen and oxygen atoms in total. The topological polar surface area (TPSA) is 72.6 Å². The molecule has 0 bridgehead atoms. The van der Waals surface area contributed by atoms with Gasteiger partial charge in [-0.3, -0.25) is 9.59 Å². The molecule has 21 heavy (non-hydrogen) atoms. The minimum Gasteiger partial charge on any atom is -0.469 e. The van der Waals surface area contributed by atoms with Crippen LogP contribution in [-0.2, 0) is 9.53 Å². The highest BCUT2D eigenvalue weighted by atomic mass is 19.1. The van der Waals surface area contributed by atoms with Crippen molar-refractivity contribution in [2.45, 2.75) is 20.3 Å². The third-order valence-electron chi connectivity index (χ3n) is 2.93. The van der Waals surface area contributed by atoms with Gasteiger partial charge in [0.1, 0.15) is 5.82 Å². The molecule has 0 aliphatic carbocycles. The van der Waals surface area contributed by atoms with E-state index < -0.39 is 5.82 Å². The number of hydrogen-bond donors (Lipinski definition) is 1. The SMILES string of the molecule is COC(=O)CCN(CC(C)C)C(=O)c1ccc(N)c(F)c1. The van der Waals surface area contributed by atoms with Gasteiger partial charge >= 0.3 is 5.97 Å². The number of esters is 1. The Morgan fingerprint density at radius 1 is 1.38 bits per heavy atom. The number of ether oxygens (including phenoxy) is 1. The van der Waals surface area contributed by atoms with E-state index >= 15 is 0 Å². The summed E-state index contributed by atoms with van der Waals surface area (Å²) in [4.78, 5) is 25.2. The van der Waals surface area contributed by atoms with Crippen LogP contribution in [0.15, 0.2) is 18.2 Å². The number of nitrogens with zero attached hydrogens (tertiary/aromatic N) is 1. The molecule has 0 aliphatic rings. The molecule has 0 fully saturated rings. The van der Waals surface area contributed by atoms with Crippen molar-refractivity contribution in [2.75, 3.05) is 25.9 Å². The van der Waals surface area contributed by atoms with Gasteiger partial charge in [-0.1, -0.05) is 13.8 Å². The van der Waals surface area contributed by atoms with Crippen molar-refractivity contribution in [2.24, 2.45) is 5.92 Å². The molecule has 0 atom stereocenters. The van der Waals surface area contributed by atoms with Crippen LogP contribution in [0.25, 0.3) is 0 Å². The number of nitrogen functional groups attached to an aromatic ring is 1. The summed E-state index contributed by atoms with van der Waals surface area (Å²) in [7, 11) is 1.30. The lowest BCUT2D eigenvalue weighted by Crippen LogP contribution is -2.36. The number of benzene rings is 1. The van der Waals surface area contributed by atoms with Crippen molar-refractivity contribution in [1.29, 1.82) is 0 Å².